The minimum atomic E-state index is -4.57. The van der Waals surface area contributed by atoms with E-state index >= 15 is 0 Å². The first-order valence-corrected chi connectivity index (χ1v) is 9.41. The number of anilines is 1. The molecule has 1 aromatic heterocycles. The molecule has 1 unspecified atom stereocenters. The summed E-state index contributed by atoms with van der Waals surface area (Å²) in [6, 6.07) is 2.38. The number of likely N-dealkylation sites (tertiary alicyclic amines) is 1. The summed E-state index contributed by atoms with van der Waals surface area (Å²) in [6.45, 7) is 6.32. The normalized spacial score (nSPS) is 17.7. The van der Waals surface area contributed by atoms with E-state index in [0.717, 1.165) is 25.0 Å². The lowest BCUT2D eigenvalue weighted by Gasteiger charge is -2.34. The number of rotatable bonds is 3. The van der Waals surface area contributed by atoms with Gasteiger partial charge in [-0.15, -0.1) is 5.10 Å². The monoisotopic (exact) mass is 428 g/mol. The summed E-state index contributed by atoms with van der Waals surface area (Å²) in [4.78, 5) is 13.8. The molecule has 1 aliphatic heterocycles. The van der Waals surface area contributed by atoms with Crippen molar-refractivity contribution in [2.24, 2.45) is 0 Å². The van der Waals surface area contributed by atoms with E-state index < -0.39 is 29.2 Å². The van der Waals surface area contributed by atoms with Crippen LogP contribution in [0.5, 0.6) is 5.75 Å². The standard InChI is InChI=1S/C19H23F3N4O4/c1-18(2,3)30-17(28)26-8-4-5-12(10-26)23-16-25-24-15(29-16)13-7-6-11(9-14(13)27)19(20,21)22/h6-7,9,12,27H,4-5,8,10H2,1-3H3,(H,23,25). The molecule has 1 aromatic carbocycles. The summed E-state index contributed by atoms with van der Waals surface area (Å²) in [5.74, 6) is -0.739. The van der Waals surface area contributed by atoms with E-state index in [1.165, 1.54) is 0 Å². The molecule has 164 valence electrons. The number of piperidine rings is 1. The van der Waals surface area contributed by atoms with Gasteiger partial charge in [0.25, 0.3) is 5.89 Å². The van der Waals surface area contributed by atoms with Gasteiger partial charge in [-0.2, -0.15) is 13.2 Å². The van der Waals surface area contributed by atoms with Gasteiger partial charge in [0.15, 0.2) is 0 Å². The van der Waals surface area contributed by atoms with Crippen LogP contribution in [0.3, 0.4) is 0 Å². The van der Waals surface area contributed by atoms with Crippen LogP contribution in [0.2, 0.25) is 0 Å². The number of benzene rings is 1. The van der Waals surface area contributed by atoms with Crippen LogP contribution in [0.1, 0.15) is 39.2 Å². The molecule has 30 heavy (non-hydrogen) atoms. The number of carbonyl (C=O) groups is 1. The van der Waals surface area contributed by atoms with Gasteiger partial charge in [-0.25, -0.2) is 4.79 Å². The van der Waals surface area contributed by atoms with Gasteiger partial charge in [0.1, 0.15) is 11.4 Å². The highest BCUT2D eigenvalue weighted by atomic mass is 19.4. The number of amides is 1. The van der Waals surface area contributed by atoms with Crippen molar-refractivity contribution in [2.45, 2.75) is 51.4 Å². The fraction of sp³-hybridized carbons (Fsp3) is 0.526. The van der Waals surface area contributed by atoms with Crippen molar-refractivity contribution in [2.75, 3.05) is 18.4 Å². The van der Waals surface area contributed by atoms with Crippen molar-refractivity contribution in [3.8, 4) is 17.2 Å². The first-order chi connectivity index (χ1) is 13.9. The Balaban J connectivity index is 1.66. The topological polar surface area (TPSA) is 101 Å². The van der Waals surface area contributed by atoms with Gasteiger partial charge in [-0.05, 0) is 51.8 Å². The Morgan fingerprint density at radius 2 is 2.03 bits per heavy atom. The zero-order valence-electron chi connectivity index (χ0n) is 16.8. The molecule has 0 bridgehead atoms. The summed E-state index contributed by atoms with van der Waals surface area (Å²) < 4.78 is 49.0. The van der Waals surface area contributed by atoms with E-state index in [9.17, 15) is 23.1 Å². The van der Waals surface area contributed by atoms with Crippen LogP contribution < -0.4 is 5.32 Å². The van der Waals surface area contributed by atoms with Crippen molar-refractivity contribution < 1.29 is 32.2 Å². The number of halogens is 3. The SMILES string of the molecule is CC(C)(C)OC(=O)N1CCCC(Nc2nnc(-c3ccc(C(F)(F)F)cc3O)o2)C1. The molecule has 1 atom stereocenters. The van der Waals surface area contributed by atoms with Gasteiger partial charge in [0, 0.05) is 19.1 Å². The number of nitrogens with one attached hydrogen (secondary N) is 1. The Morgan fingerprint density at radius 3 is 2.67 bits per heavy atom. The first kappa shape index (κ1) is 21.7. The van der Waals surface area contributed by atoms with Gasteiger partial charge in [0.2, 0.25) is 0 Å². The average molecular weight is 428 g/mol. The highest BCUT2D eigenvalue weighted by Crippen LogP contribution is 2.36. The molecule has 0 saturated carbocycles. The number of aromatic hydroxyl groups is 1. The average Bonchev–Trinajstić information content (AvgIpc) is 3.08. The summed E-state index contributed by atoms with van der Waals surface area (Å²) >= 11 is 0. The van der Waals surface area contributed by atoms with Crippen LogP contribution in [0.15, 0.2) is 22.6 Å². The van der Waals surface area contributed by atoms with E-state index in [1.54, 1.807) is 25.7 Å². The maximum absolute atomic E-state index is 12.7. The number of carbonyl (C=O) groups excluding carboxylic acids is 1. The lowest BCUT2D eigenvalue weighted by atomic mass is 10.1. The van der Waals surface area contributed by atoms with E-state index in [1.807, 2.05) is 0 Å². The van der Waals surface area contributed by atoms with Crippen LogP contribution in [-0.4, -0.2) is 51.0 Å². The maximum Gasteiger partial charge on any atom is 0.416 e. The Bertz CT molecular complexity index is 908. The number of nitrogens with zero attached hydrogens (tertiary/aromatic N) is 3. The second-order valence-corrected chi connectivity index (χ2v) is 8.05. The molecule has 1 fully saturated rings. The Morgan fingerprint density at radius 1 is 1.30 bits per heavy atom. The van der Waals surface area contributed by atoms with Crippen LogP contribution >= 0.6 is 0 Å². The number of ether oxygens (including phenoxy) is 1. The maximum atomic E-state index is 12.7. The van der Waals surface area contributed by atoms with Crippen molar-refractivity contribution in [3.05, 3.63) is 23.8 Å². The van der Waals surface area contributed by atoms with E-state index in [0.29, 0.717) is 19.2 Å². The molecule has 11 heteroatoms. The number of hydrogen-bond donors (Lipinski definition) is 2. The quantitative estimate of drug-likeness (QED) is 0.753. The second-order valence-electron chi connectivity index (χ2n) is 8.05. The lowest BCUT2D eigenvalue weighted by molar-refractivity contribution is -0.137. The van der Waals surface area contributed by atoms with Gasteiger partial charge >= 0.3 is 18.3 Å². The minimum Gasteiger partial charge on any atom is -0.507 e. The van der Waals surface area contributed by atoms with Crippen molar-refractivity contribution in [3.63, 3.8) is 0 Å². The third kappa shape index (κ3) is 5.33. The molecule has 2 N–H and O–H groups in total. The van der Waals surface area contributed by atoms with Gasteiger partial charge in [-0.3, -0.25) is 0 Å². The molecule has 3 rings (SSSR count). The molecule has 1 amide bonds. The fourth-order valence-electron chi connectivity index (χ4n) is 3.04. The summed E-state index contributed by atoms with van der Waals surface area (Å²) in [7, 11) is 0. The third-order valence-corrected chi connectivity index (χ3v) is 4.38. The first-order valence-electron chi connectivity index (χ1n) is 9.41. The van der Waals surface area contributed by atoms with Crippen LogP contribution in [0.25, 0.3) is 11.5 Å². The smallest absolute Gasteiger partial charge is 0.416 e. The zero-order valence-corrected chi connectivity index (χ0v) is 16.8. The minimum absolute atomic E-state index is 0.0115. The molecule has 2 aromatic rings. The molecule has 1 aliphatic rings. The number of phenolic OH excluding ortho intramolecular Hbond substituents is 1. The van der Waals surface area contributed by atoms with Crippen molar-refractivity contribution in [1.29, 1.82) is 0 Å². The lowest BCUT2D eigenvalue weighted by Crippen LogP contribution is -2.47. The predicted octanol–water partition coefficient (Wildman–Crippen LogP) is 4.27. The largest absolute Gasteiger partial charge is 0.507 e. The molecule has 1 saturated heterocycles. The zero-order chi connectivity index (χ0) is 22.1. The van der Waals surface area contributed by atoms with E-state index in [-0.39, 0.29) is 23.5 Å². The molecular weight excluding hydrogens is 405 g/mol. The van der Waals surface area contributed by atoms with Gasteiger partial charge in [0.05, 0.1) is 11.1 Å². The van der Waals surface area contributed by atoms with Crippen LogP contribution in [0.4, 0.5) is 24.0 Å². The van der Waals surface area contributed by atoms with Crippen molar-refractivity contribution in [1.82, 2.24) is 15.1 Å². The fourth-order valence-corrected chi connectivity index (χ4v) is 3.04. The summed E-state index contributed by atoms with van der Waals surface area (Å²) in [6.07, 6.45) is -3.48. The molecule has 0 aliphatic carbocycles. The van der Waals surface area contributed by atoms with E-state index in [4.69, 9.17) is 9.15 Å². The predicted molar refractivity (Wildman–Crippen MR) is 101 cm³/mol. The third-order valence-electron chi connectivity index (χ3n) is 4.38. The number of phenols is 1. The summed E-state index contributed by atoms with van der Waals surface area (Å²) in [5, 5.41) is 20.6. The highest BCUT2D eigenvalue weighted by Gasteiger charge is 2.32. The van der Waals surface area contributed by atoms with Gasteiger partial charge in [-0.1, -0.05) is 5.10 Å². The molecule has 0 spiro atoms. The van der Waals surface area contributed by atoms with Crippen LogP contribution in [0, 0.1) is 0 Å². The Hall–Kier alpha value is -2.98. The number of alkyl halides is 3. The van der Waals surface area contributed by atoms with Gasteiger partial charge < -0.3 is 24.5 Å². The highest BCUT2D eigenvalue weighted by molar-refractivity contribution is 5.68. The van der Waals surface area contributed by atoms with Crippen LogP contribution in [-0.2, 0) is 10.9 Å². The number of aromatic nitrogens is 2. The molecular formula is C19H23F3N4O4. The van der Waals surface area contributed by atoms with E-state index in [2.05, 4.69) is 15.5 Å². The van der Waals surface area contributed by atoms with Crippen molar-refractivity contribution >= 4 is 12.1 Å². The molecule has 8 nitrogen and oxygen atoms in total. The number of hydrogen-bond acceptors (Lipinski definition) is 7. The molecule has 0 radical (unpaired) electrons. The molecule has 2 heterocycles. The second kappa shape index (κ2) is 8.04. The Labute approximate surface area is 171 Å². The Kier molecular flexibility index (Phi) is 5.82. The summed E-state index contributed by atoms with van der Waals surface area (Å²) in [5.41, 5.74) is -1.59.